The third kappa shape index (κ3) is 6.65. The Bertz CT molecular complexity index is 1230. The van der Waals surface area contributed by atoms with Gasteiger partial charge in [0.05, 0.1) is 12.8 Å². The lowest BCUT2D eigenvalue weighted by Crippen LogP contribution is -2.46. The molecule has 3 rings (SSSR count). The number of aromatic nitrogens is 4. The van der Waals surface area contributed by atoms with Gasteiger partial charge in [0.15, 0.2) is 6.61 Å². The van der Waals surface area contributed by atoms with Crippen LogP contribution in [0.1, 0.15) is 41.3 Å². The highest BCUT2D eigenvalue weighted by atomic mass is 16.5. The van der Waals surface area contributed by atoms with Gasteiger partial charge >= 0.3 is 5.97 Å². The fraction of sp³-hybridized carbons (Fsp3) is 0.360. The van der Waals surface area contributed by atoms with Gasteiger partial charge in [0, 0.05) is 23.0 Å². The molecule has 1 atom stereocenters. The maximum absolute atomic E-state index is 12.7. The highest BCUT2D eigenvalue weighted by Gasteiger charge is 2.27. The second-order valence-electron chi connectivity index (χ2n) is 8.61. The van der Waals surface area contributed by atoms with E-state index in [0.29, 0.717) is 28.8 Å². The molecule has 0 aliphatic carbocycles. The van der Waals surface area contributed by atoms with Crippen LogP contribution in [0.5, 0.6) is 5.75 Å². The van der Waals surface area contributed by atoms with Crippen LogP contribution in [0.25, 0.3) is 5.95 Å². The van der Waals surface area contributed by atoms with Crippen LogP contribution >= 0.6 is 0 Å². The summed E-state index contributed by atoms with van der Waals surface area (Å²) in [6, 6.07) is 9.03. The number of carbonyl (C=O) groups is 3. The largest absolute Gasteiger partial charge is 0.497 e. The van der Waals surface area contributed by atoms with Gasteiger partial charge in [0.25, 0.3) is 17.8 Å². The molecule has 0 spiro atoms. The molecule has 0 fully saturated rings. The number of anilines is 1. The van der Waals surface area contributed by atoms with Crippen molar-refractivity contribution >= 4 is 23.6 Å². The van der Waals surface area contributed by atoms with Gasteiger partial charge in [0.1, 0.15) is 17.6 Å². The summed E-state index contributed by atoms with van der Waals surface area (Å²) in [6.07, 6.45) is 0. The van der Waals surface area contributed by atoms with Crippen molar-refractivity contribution in [1.82, 2.24) is 25.1 Å². The summed E-state index contributed by atoms with van der Waals surface area (Å²) < 4.78 is 11.7. The summed E-state index contributed by atoms with van der Waals surface area (Å²) >= 11 is 0. The second-order valence-corrected chi connectivity index (χ2v) is 8.61. The Kier molecular flexibility index (Phi) is 8.36. The average molecular weight is 495 g/mol. The number of ether oxygens (including phenoxy) is 2. The fourth-order valence-corrected chi connectivity index (χ4v) is 3.41. The molecule has 1 aromatic carbocycles. The third-order valence-corrected chi connectivity index (χ3v) is 5.16. The molecule has 1 unspecified atom stereocenters. The normalized spacial score (nSPS) is 11.6. The van der Waals surface area contributed by atoms with Crippen molar-refractivity contribution in [3.63, 3.8) is 0 Å². The summed E-state index contributed by atoms with van der Waals surface area (Å²) in [6.45, 7) is 8.44. The molecule has 0 aliphatic rings. The minimum Gasteiger partial charge on any atom is -0.497 e. The lowest BCUT2D eigenvalue weighted by molar-refractivity contribution is -0.150. The monoisotopic (exact) mass is 494 g/mol. The van der Waals surface area contributed by atoms with Gasteiger partial charge in [-0.05, 0) is 57.0 Å². The quantitative estimate of drug-likeness (QED) is 0.433. The number of benzene rings is 1. The van der Waals surface area contributed by atoms with E-state index in [1.54, 1.807) is 51.1 Å². The van der Waals surface area contributed by atoms with Crippen LogP contribution in [-0.2, 0) is 14.3 Å². The Morgan fingerprint density at radius 1 is 0.972 bits per heavy atom. The summed E-state index contributed by atoms with van der Waals surface area (Å²) in [5.74, 6) is -0.736. The molecule has 11 nitrogen and oxygen atoms in total. The van der Waals surface area contributed by atoms with Gasteiger partial charge in [-0.3, -0.25) is 9.59 Å². The van der Waals surface area contributed by atoms with E-state index in [0.717, 1.165) is 11.4 Å². The molecule has 2 heterocycles. The maximum atomic E-state index is 12.7. The highest BCUT2D eigenvalue weighted by molar-refractivity contribution is 5.97. The standard InChI is InChI=1S/C25H30N6O5/c1-14(2)22(29-23(33)18-7-9-19(35-6)10-8-18)24(34)36-13-21(32)28-20-12-17(5)30-31(20)25-26-15(3)11-16(4)27-25/h7-12,14,22H,13H2,1-6H3,(H,28,32)(H,29,33). The zero-order valence-corrected chi connectivity index (χ0v) is 21.2. The zero-order valence-electron chi connectivity index (χ0n) is 21.2. The molecular formula is C25H30N6O5. The van der Waals surface area contributed by atoms with Crippen molar-refractivity contribution < 1.29 is 23.9 Å². The topological polar surface area (TPSA) is 137 Å². The number of esters is 1. The number of nitrogens with zero attached hydrogens (tertiary/aromatic N) is 4. The van der Waals surface area contributed by atoms with E-state index in [9.17, 15) is 14.4 Å². The Morgan fingerprint density at radius 2 is 1.61 bits per heavy atom. The molecule has 11 heteroatoms. The molecular weight excluding hydrogens is 464 g/mol. The molecule has 0 aliphatic heterocycles. The number of nitrogens with one attached hydrogen (secondary N) is 2. The Hall–Kier alpha value is -4.28. The molecule has 2 N–H and O–H groups in total. The van der Waals surface area contributed by atoms with Crippen LogP contribution in [0.3, 0.4) is 0 Å². The summed E-state index contributed by atoms with van der Waals surface area (Å²) in [4.78, 5) is 46.6. The number of amides is 2. The molecule has 2 amide bonds. The number of methoxy groups -OCH3 is 1. The Labute approximate surface area is 209 Å². The first-order valence-electron chi connectivity index (χ1n) is 11.4. The smallest absolute Gasteiger partial charge is 0.329 e. The minimum atomic E-state index is -0.941. The predicted octanol–water partition coefficient (Wildman–Crippen LogP) is 2.53. The first-order chi connectivity index (χ1) is 17.1. The number of hydrogen-bond donors (Lipinski definition) is 2. The maximum Gasteiger partial charge on any atom is 0.329 e. The number of aryl methyl sites for hydroxylation is 3. The minimum absolute atomic E-state index is 0.270. The molecule has 36 heavy (non-hydrogen) atoms. The van der Waals surface area contributed by atoms with Crippen molar-refractivity contribution in [2.75, 3.05) is 19.0 Å². The highest BCUT2D eigenvalue weighted by Crippen LogP contribution is 2.16. The Balaban J connectivity index is 1.63. The lowest BCUT2D eigenvalue weighted by atomic mass is 10.0. The van der Waals surface area contributed by atoms with Crippen molar-refractivity contribution in [2.45, 2.75) is 40.7 Å². The van der Waals surface area contributed by atoms with Crippen LogP contribution in [0.15, 0.2) is 36.4 Å². The van der Waals surface area contributed by atoms with Crippen molar-refractivity contribution in [3.8, 4) is 11.7 Å². The van der Waals surface area contributed by atoms with Gasteiger partial charge in [-0.25, -0.2) is 14.8 Å². The lowest BCUT2D eigenvalue weighted by Gasteiger charge is -2.21. The Morgan fingerprint density at radius 3 is 2.19 bits per heavy atom. The molecule has 0 bridgehead atoms. The number of carbonyl (C=O) groups excluding carboxylic acids is 3. The van der Waals surface area contributed by atoms with Gasteiger partial charge in [-0.2, -0.15) is 9.78 Å². The predicted molar refractivity (Wildman–Crippen MR) is 132 cm³/mol. The second kappa shape index (κ2) is 11.4. The van der Waals surface area contributed by atoms with Gasteiger partial charge in [0.2, 0.25) is 0 Å². The van der Waals surface area contributed by atoms with E-state index in [4.69, 9.17) is 9.47 Å². The SMILES string of the molecule is COc1ccc(C(=O)NC(C(=O)OCC(=O)Nc2cc(C)nn2-c2nc(C)cc(C)n2)C(C)C)cc1. The molecule has 2 aromatic heterocycles. The van der Waals surface area contributed by atoms with Crippen LogP contribution in [-0.4, -0.2) is 57.3 Å². The van der Waals surface area contributed by atoms with Crippen LogP contribution in [0.4, 0.5) is 5.82 Å². The van der Waals surface area contributed by atoms with Gasteiger partial charge in [-0.15, -0.1) is 0 Å². The zero-order chi connectivity index (χ0) is 26.4. The van der Waals surface area contributed by atoms with E-state index in [2.05, 4.69) is 25.7 Å². The molecule has 190 valence electrons. The van der Waals surface area contributed by atoms with E-state index in [1.165, 1.54) is 11.8 Å². The summed E-state index contributed by atoms with van der Waals surface area (Å²) in [5, 5.41) is 9.70. The van der Waals surface area contributed by atoms with Crippen molar-refractivity contribution in [2.24, 2.45) is 5.92 Å². The van der Waals surface area contributed by atoms with Crippen LogP contribution < -0.4 is 15.4 Å². The van der Waals surface area contributed by atoms with Crippen molar-refractivity contribution in [3.05, 3.63) is 59.0 Å². The fourth-order valence-electron chi connectivity index (χ4n) is 3.41. The first kappa shape index (κ1) is 26.3. The van der Waals surface area contributed by atoms with E-state index >= 15 is 0 Å². The average Bonchev–Trinajstić information content (AvgIpc) is 3.19. The number of rotatable bonds is 9. The van der Waals surface area contributed by atoms with Crippen LogP contribution in [0, 0.1) is 26.7 Å². The van der Waals surface area contributed by atoms with Gasteiger partial charge in [-0.1, -0.05) is 13.8 Å². The van der Waals surface area contributed by atoms with E-state index in [1.807, 2.05) is 19.9 Å². The number of hydrogen-bond acceptors (Lipinski definition) is 8. The summed E-state index contributed by atoms with van der Waals surface area (Å²) in [7, 11) is 1.53. The molecule has 0 radical (unpaired) electrons. The van der Waals surface area contributed by atoms with Crippen LogP contribution in [0.2, 0.25) is 0 Å². The molecule has 0 saturated carbocycles. The van der Waals surface area contributed by atoms with Crippen molar-refractivity contribution in [1.29, 1.82) is 0 Å². The summed E-state index contributed by atoms with van der Waals surface area (Å²) in [5.41, 5.74) is 2.52. The molecule has 3 aromatic rings. The van der Waals surface area contributed by atoms with Gasteiger partial charge < -0.3 is 20.1 Å². The first-order valence-corrected chi connectivity index (χ1v) is 11.4. The van der Waals surface area contributed by atoms with E-state index in [-0.39, 0.29) is 5.92 Å². The molecule has 0 saturated heterocycles. The van der Waals surface area contributed by atoms with E-state index < -0.39 is 30.4 Å². The third-order valence-electron chi connectivity index (χ3n) is 5.16.